The van der Waals surface area contributed by atoms with Gasteiger partial charge in [0, 0.05) is 40.3 Å². The minimum Gasteiger partial charge on any atom is -0.493 e. The Labute approximate surface area is 361 Å². The number of hydrogen-bond donors (Lipinski definition) is 4. The molecule has 0 atom stereocenters. The van der Waals surface area contributed by atoms with E-state index in [1.165, 1.54) is 21.8 Å². The molecule has 0 amide bonds. The maximum Gasteiger partial charge on any atom is 0.337 e. The van der Waals surface area contributed by atoms with Crippen LogP contribution in [0.3, 0.4) is 0 Å². The van der Waals surface area contributed by atoms with E-state index < -0.39 is 11.9 Å². The SMILES string of the molecule is Cc1ccc(N=Cc2c(-c3ccccc3)nn(-c3ccccc3)c2O)c(C(=O)O)c1.Cc1ccc(N=Cc2c(-c3ccccc3)nn(-c3ccccc3)c2O)c(C(=O)O)c1.[Co]. The third-order valence-corrected chi connectivity index (χ3v) is 9.32. The molecule has 0 unspecified atom stereocenters. The van der Waals surface area contributed by atoms with Gasteiger partial charge in [0.15, 0.2) is 0 Å². The topological polar surface area (TPSA) is 175 Å². The van der Waals surface area contributed by atoms with Crippen LogP contribution >= 0.6 is 0 Å². The van der Waals surface area contributed by atoms with Gasteiger partial charge in [-0.3, -0.25) is 9.98 Å². The van der Waals surface area contributed by atoms with E-state index in [-0.39, 0.29) is 39.7 Å². The Kier molecular flexibility index (Phi) is 13.5. The van der Waals surface area contributed by atoms with E-state index in [0.717, 1.165) is 22.3 Å². The predicted octanol–water partition coefficient (Wildman–Crippen LogP) is 10.0. The van der Waals surface area contributed by atoms with Gasteiger partial charge in [0.2, 0.25) is 11.8 Å². The predicted molar refractivity (Wildman–Crippen MR) is 232 cm³/mol. The number of hydrogen-bond acceptors (Lipinski definition) is 8. The second-order valence-electron chi connectivity index (χ2n) is 13.6. The molecule has 0 bridgehead atoms. The summed E-state index contributed by atoms with van der Waals surface area (Å²) < 4.78 is 2.88. The first-order valence-electron chi connectivity index (χ1n) is 18.7. The van der Waals surface area contributed by atoms with Crippen LogP contribution in [0.2, 0.25) is 0 Å². The fraction of sp³-hybridized carbons (Fsp3) is 0.0417. The van der Waals surface area contributed by atoms with Gasteiger partial charge in [-0.15, -0.1) is 0 Å². The van der Waals surface area contributed by atoms with Crippen LogP contribution in [0, 0.1) is 13.8 Å². The molecule has 305 valence electrons. The summed E-state index contributed by atoms with van der Waals surface area (Å²) in [5, 5.41) is 50.0. The quantitative estimate of drug-likeness (QED) is 0.0983. The molecular formula is C48H38CoN6O6. The molecule has 0 saturated carbocycles. The molecule has 13 heteroatoms. The van der Waals surface area contributed by atoms with E-state index in [2.05, 4.69) is 20.2 Å². The van der Waals surface area contributed by atoms with Gasteiger partial charge in [0.05, 0.1) is 45.0 Å². The molecule has 4 N–H and O–H groups in total. The minimum atomic E-state index is -1.06. The Morgan fingerprint density at radius 1 is 0.508 bits per heavy atom. The number of aliphatic imine (C=N–C) groups is 2. The summed E-state index contributed by atoms with van der Waals surface area (Å²) in [7, 11) is 0. The first kappa shape index (κ1) is 42.7. The fourth-order valence-electron chi connectivity index (χ4n) is 6.33. The van der Waals surface area contributed by atoms with Gasteiger partial charge in [0.25, 0.3) is 0 Å². The molecule has 8 rings (SSSR count). The smallest absolute Gasteiger partial charge is 0.337 e. The van der Waals surface area contributed by atoms with Crippen molar-refractivity contribution in [3.63, 3.8) is 0 Å². The summed E-state index contributed by atoms with van der Waals surface area (Å²) in [5.41, 5.74) is 7.40. The average Bonchev–Trinajstić information content (AvgIpc) is 3.79. The maximum atomic E-state index is 11.6. The molecule has 0 spiro atoms. The summed E-state index contributed by atoms with van der Waals surface area (Å²) >= 11 is 0. The molecule has 0 aliphatic rings. The van der Waals surface area contributed by atoms with Gasteiger partial charge >= 0.3 is 11.9 Å². The summed E-state index contributed by atoms with van der Waals surface area (Å²) in [5.74, 6) is -2.27. The van der Waals surface area contributed by atoms with Crippen LogP contribution in [0.5, 0.6) is 11.8 Å². The van der Waals surface area contributed by atoms with Crippen molar-refractivity contribution in [3.8, 4) is 45.6 Å². The number of carboxylic acid groups (broad SMARTS) is 2. The van der Waals surface area contributed by atoms with Gasteiger partial charge in [-0.05, 0) is 62.4 Å². The fourth-order valence-corrected chi connectivity index (χ4v) is 6.33. The van der Waals surface area contributed by atoms with E-state index in [9.17, 15) is 30.0 Å². The van der Waals surface area contributed by atoms with Crippen LogP contribution in [0.25, 0.3) is 33.9 Å². The largest absolute Gasteiger partial charge is 0.493 e. The molecule has 2 aromatic heterocycles. The second-order valence-corrected chi connectivity index (χ2v) is 13.6. The normalized spacial score (nSPS) is 10.9. The van der Waals surface area contributed by atoms with Crippen molar-refractivity contribution in [2.24, 2.45) is 9.98 Å². The molecule has 2 heterocycles. The van der Waals surface area contributed by atoms with Crippen molar-refractivity contribution < 1.29 is 46.8 Å². The molecule has 0 fully saturated rings. The standard InChI is InChI=1S/2C24H19N3O3.Co/c2*1-16-12-13-21(19(14-16)24(29)30)25-15-20-22(17-8-4-2-5-9-17)26-27(23(20)28)18-10-6-3-7-11-18;/h2*2-15,28H,1H3,(H,29,30);. The van der Waals surface area contributed by atoms with Crippen molar-refractivity contribution in [2.45, 2.75) is 13.8 Å². The number of carboxylic acids is 2. The molecule has 0 saturated heterocycles. The van der Waals surface area contributed by atoms with Crippen LogP contribution < -0.4 is 0 Å². The molecule has 6 aromatic carbocycles. The van der Waals surface area contributed by atoms with Gasteiger partial charge in [-0.25, -0.2) is 19.0 Å². The number of aromatic carboxylic acids is 2. The van der Waals surface area contributed by atoms with E-state index in [4.69, 9.17) is 0 Å². The second kappa shape index (κ2) is 19.3. The first-order chi connectivity index (χ1) is 29.1. The number of aromatic hydroxyl groups is 2. The van der Waals surface area contributed by atoms with Crippen molar-refractivity contribution in [3.05, 3.63) is 191 Å². The number of rotatable bonds is 10. The van der Waals surface area contributed by atoms with Gasteiger partial charge in [-0.2, -0.15) is 10.2 Å². The monoisotopic (exact) mass is 853 g/mol. The van der Waals surface area contributed by atoms with Gasteiger partial charge in [-0.1, -0.05) is 120 Å². The van der Waals surface area contributed by atoms with Crippen molar-refractivity contribution >= 4 is 35.7 Å². The van der Waals surface area contributed by atoms with Crippen LogP contribution in [0.4, 0.5) is 11.4 Å². The van der Waals surface area contributed by atoms with Crippen LogP contribution in [0.15, 0.2) is 168 Å². The maximum absolute atomic E-state index is 11.6. The third kappa shape index (κ3) is 9.71. The van der Waals surface area contributed by atoms with E-state index in [0.29, 0.717) is 45.3 Å². The molecule has 8 aromatic rings. The molecule has 12 nitrogen and oxygen atoms in total. The Bertz CT molecular complexity index is 2660. The zero-order chi connectivity index (χ0) is 42.2. The molecule has 61 heavy (non-hydrogen) atoms. The van der Waals surface area contributed by atoms with E-state index >= 15 is 0 Å². The van der Waals surface area contributed by atoms with Crippen LogP contribution in [0.1, 0.15) is 43.0 Å². The Morgan fingerprint density at radius 3 is 1.16 bits per heavy atom. The third-order valence-electron chi connectivity index (χ3n) is 9.32. The summed E-state index contributed by atoms with van der Waals surface area (Å²) in [6.07, 6.45) is 2.92. The summed E-state index contributed by atoms with van der Waals surface area (Å²) in [6.45, 7) is 3.65. The molecule has 0 aliphatic heterocycles. The van der Waals surface area contributed by atoms with Gasteiger partial charge < -0.3 is 20.4 Å². The summed E-state index contributed by atoms with van der Waals surface area (Å²) in [6, 6.07) is 47.5. The van der Waals surface area contributed by atoms with E-state index in [1.54, 1.807) is 36.4 Å². The Hall–Kier alpha value is -7.87. The van der Waals surface area contributed by atoms with E-state index in [1.807, 2.05) is 135 Å². The minimum absolute atomic E-state index is 0. The molecular weight excluding hydrogens is 815 g/mol. The number of carbonyl (C=O) groups is 2. The van der Waals surface area contributed by atoms with Crippen LogP contribution in [-0.4, -0.2) is 64.4 Å². The number of aromatic nitrogens is 4. The van der Waals surface area contributed by atoms with Crippen molar-refractivity contribution in [2.75, 3.05) is 0 Å². The average molecular weight is 854 g/mol. The zero-order valence-electron chi connectivity index (χ0n) is 32.8. The number of nitrogens with zero attached hydrogens (tertiary/aromatic N) is 6. The number of para-hydroxylation sites is 2. The molecule has 1 radical (unpaired) electrons. The number of benzene rings is 6. The molecule has 0 aliphatic carbocycles. The van der Waals surface area contributed by atoms with Gasteiger partial charge in [0.1, 0.15) is 11.4 Å². The van der Waals surface area contributed by atoms with Crippen molar-refractivity contribution in [1.29, 1.82) is 0 Å². The van der Waals surface area contributed by atoms with Crippen LogP contribution in [-0.2, 0) is 16.8 Å². The Balaban J connectivity index is 0.000000201. The Morgan fingerprint density at radius 2 is 0.836 bits per heavy atom. The zero-order valence-corrected chi connectivity index (χ0v) is 33.8. The van der Waals surface area contributed by atoms with Crippen molar-refractivity contribution in [1.82, 2.24) is 19.6 Å². The first-order valence-corrected chi connectivity index (χ1v) is 18.7. The number of aryl methyl sites for hydroxylation is 2. The summed E-state index contributed by atoms with van der Waals surface area (Å²) in [4.78, 5) is 31.9.